The number of hydrogen-bond acceptors (Lipinski definition) is 5. The molecule has 0 saturated heterocycles. The Hall–Kier alpha value is -2.05. The Morgan fingerprint density at radius 2 is 1.43 bits per heavy atom. The summed E-state index contributed by atoms with van der Waals surface area (Å²) >= 11 is 0. The Labute approximate surface area is 180 Å². The molecule has 0 saturated carbocycles. The van der Waals surface area contributed by atoms with Crippen molar-refractivity contribution in [1.82, 2.24) is 0 Å². The van der Waals surface area contributed by atoms with E-state index >= 15 is 0 Å². The number of aliphatic hydroxyl groups excluding tert-OH is 1. The van der Waals surface area contributed by atoms with Crippen molar-refractivity contribution in [3.63, 3.8) is 0 Å². The van der Waals surface area contributed by atoms with Crippen molar-refractivity contribution >= 4 is 6.29 Å². The lowest BCUT2D eigenvalue weighted by Crippen LogP contribution is -2.45. The van der Waals surface area contributed by atoms with Crippen molar-refractivity contribution in [1.29, 1.82) is 0 Å². The van der Waals surface area contributed by atoms with E-state index in [1.807, 2.05) is 60.7 Å². The first-order valence-corrected chi connectivity index (χ1v) is 10.8. The van der Waals surface area contributed by atoms with E-state index in [4.69, 9.17) is 14.2 Å². The zero-order chi connectivity index (χ0) is 21.4. The number of carbonyl (C=O) groups excluding carboxylic acids is 1. The summed E-state index contributed by atoms with van der Waals surface area (Å²) in [5.41, 5.74) is 2.03. The quantitative estimate of drug-likeness (QED) is 0.327. The van der Waals surface area contributed by atoms with Crippen LogP contribution in [0.1, 0.15) is 43.7 Å². The van der Waals surface area contributed by atoms with Crippen molar-refractivity contribution in [2.75, 3.05) is 13.2 Å². The predicted molar refractivity (Wildman–Crippen MR) is 117 cm³/mol. The summed E-state index contributed by atoms with van der Waals surface area (Å²) in [6.45, 7) is 3.18. The topological polar surface area (TPSA) is 65.0 Å². The van der Waals surface area contributed by atoms with E-state index in [1.54, 1.807) is 0 Å². The van der Waals surface area contributed by atoms with E-state index in [0.717, 1.165) is 36.7 Å². The minimum Gasteiger partial charge on any atom is -0.394 e. The molecule has 0 heterocycles. The first kappa shape index (κ1) is 24.2. The van der Waals surface area contributed by atoms with Crippen molar-refractivity contribution in [2.24, 2.45) is 0 Å². The monoisotopic (exact) mass is 414 g/mol. The lowest BCUT2D eigenvalue weighted by Gasteiger charge is -2.32. The maximum Gasteiger partial charge on any atom is 0.122 e. The summed E-state index contributed by atoms with van der Waals surface area (Å²) in [5, 5.41) is 10.0. The molecular weight excluding hydrogens is 380 g/mol. The molecule has 1 N–H and O–H groups in total. The van der Waals surface area contributed by atoms with Gasteiger partial charge in [0.05, 0.1) is 25.9 Å². The molecule has 0 aromatic heterocycles. The van der Waals surface area contributed by atoms with Gasteiger partial charge >= 0.3 is 0 Å². The zero-order valence-electron chi connectivity index (χ0n) is 17.8. The summed E-state index contributed by atoms with van der Waals surface area (Å²) in [6, 6.07) is 19.6. The fourth-order valence-electron chi connectivity index (χ4n) is 3.23. The average Bonchev–Trinajstić information content (AvgIpc) is 2.80. The molecule has 164 valence electrons. The second-order valence-electron chi connectivity index (χ2n) is 7.30. The van der Waals surface area contributed by atoms with Crippen LogP contribution in [0.4, 0.5) is 0 Å². The molecule has 5 heteroatoms. The highest BCUT2D eigenvalue weighted by Gasteiger charge is 2.32. The second kappa shape index (κ2) is 14.9. The minimum atomic E-state index is -0.564. The normalized spacial score (nSPS) is 14.2. The third-order valence-electron chi connectivity index (χ3n) is 4.91. The van der Waals surface area contributed by atoms with Gasteiger partial charge in [-0.2, -0.15) is 0 Å². The van der Waals surface area contributed by atoms with Crippen LogP contribution in [-0.2, 0) is 32.2 Å². The lowest BCUT2D eigenvalue weighted by molar-refractivity contribution is -0.161. The third-order valence-corrected chi connectivity index (χ3v) is 4.91. The first-order chi connectivity index (χ1) is 14.8. The largest absolute Gasteiger partial charge is 0.394 e. The van der Waals surface area contributed by atoms with Gasteiger partial charge in [0.2, 0.25) is 0 Å². The average molecular weight is 415 g/mol. The standard InChI is InChI=1S/C25H34O5/c1-2-3-10-17-28-24(18-27)25(30-20-22-13-8-5-9-14-22)23(15-16-26)29-19-21-11-6-4-7-12-21/h4-9,11-14,16,23-25,27H,2-3,10,15,17-20H2,1H3/t23-,24-,25+/m1/s1. The number of aliphatic hydroxyl groups is 1. The number of benzene rings is 2. The first-order valence-electron chi connectivity index (χ1n) is 10.8. The van der Waals surface area contributed by atoms with Crippen LogP contribution in [0.3, 0.4) is 0 Å². The summed E-state index contributed by atoms with van der Waals surface area (Å²) in [4.78, 5) is 11.4. The molecule has 0 aliphatic rings. The maximum absolute atomic E-state index is 11.4. The van der Waals surface area contributed by atoms with Crippen molar-refractivity contribution in [3.05, 3.63) is 71.8 Å². The smallest absolute Gasteiger partial charge is 0.122 e. The van der Waals surface area contributed by atoms with Gasteiger partial charge in [-0.15, -0.1) is 0 Å². The van der Waals surface area contributed by atoms with Gasteiger partial charge < -0.3 is 24.1 Å². The van der Waals surface area contributed by atoms with Gasteiger partial charge in [0.25, 0.3) is 0 Å². The van der Waals surface area contributed by atoms with Crippen molar-refractivity contribution in [3.8, 4) is 0 Å². The molecule has 30 heavy (non-hydrogen) atoms. The summed E-state index contributed by atoms with van der Waals surface area (Å²) in [6.07, 6.45) is 2.43. The summed E-state index contributed by atoms with van der Waals surface area (Å²) < 4.78 is 18.2. The van der Waals surface area contributed by atoms with Crippen LogP contribution in [-0.4, -0.2) is 42.9 Å². The number of carbonyl (C=O) groups is 1. The summed E-state index contributed by atoms with van der Waals surface area (Å²) in [7, 11) is 0. The van der Waals surface area contributed by atoms with Gasteiger partial charge in [-0.05, 0) is 17.5 Å². The van der Waals surface area contributed by atoms with Crippen LogP contribution < -0.4 is 0 Å². The van der Waals surface area contributed by atoms with E-state index in [9.17, 15) is 9.90 Å². The van der Waals surface area contributed by atoms with Gasteiger partial charge in [0.1, 0.15) is 18.5 Å². The molecular formula is C25H34O5. The Bertz CT molecular complexity index is 676. The highest BCUT2D eigenvalue weighted by atomic mass is 16.6. The predicted octanol–water partition coefficient (Wildman–Crippen LogP) is 4.31. The second-order valence-corrected chi connectivity index (χ2v) is 7.30. The maximum atomic E-state index is 11.4. The zero-order valence-corrected chi connectivity index (χ0v) is 17.8. The molecule has 0 aliphatic heterocycles. The molecule has 0 spiro atoms. The van der Waals surface area contributed by atoms with Crippen LogP contribution in [0.5, 0.6) is 0 Å². The van der Waals surface area contributed by atoms with E-state index < -0.39 is 18.3 Å². The molecule has 2 aromatic carbocycles. The molecule has 0 aliphatic carbocycles. The molecule has 3 atom stereocenters. The highest BCUT2D eigenvalue weighted by molar-refractivity contribution is 5.50. The van der Waals surface area contributed by atoms with E-state index in [1.165, 1.54) is 0 Å². The molecule has 0 radical (unpaired) electrons. The van der Waals surface area contributed by atoms with Crippen molar-refractivity contribution < 1.29 is 24.1 Å². The fourth-order valence-corrected chi connectivity index (χ4v) is 3.23. The number of aldehydes is 1. The number of rotatable bonds is 16. The van der Waals surface area contributed by atoms with Gasteiger partial charge in [-0.1, -0.05) is 80.4 Å². The molecule has 2 rings (SSSR count). The SMILES string of the molecule is CCCCCO[C@H](CO)[C@@H](OCc1ccccc1)[C@@H](CC=O)OCc1ccccc1. The Balaban J connectivity index is 2.09. The van der Waals surface area contributed by atoms with Crippen molar-refractivity contribution in [2.45, 2.75) is 64.1 Å². The van der Waals surface area contributed by atoms with Crippen LogP contribution >= 0.6 is 0 Å². The minimum absolute atomic E-state index is 0.168. The molecule has 0 fully saturated rings. The van der Waals surface area contributed by atoms with Gasteiger partial charge in [-0.3, -0.25) is 0 Å². The van der Waals surface area contributed by atoms with E-state index in [2.05, 4.69) is 6.92 Å². The van der Waals surface area contributed by atoms with E-state index in [-0.39, 0.29) is 13.0 Å². The summed E-state index contributed by atoms with van der Waals surface area (Å²) in [5.74, 6) is 0. The fraction of sp³-hybridized carbons (Fsp3) is 0.480. The number of unbranched alkanes of at least 4 members (excludes halogenated alkanes) is 2. The highest BCUT2D eigenvalue weighted by Crippen LogP contribution is 2.19. The molecule has 0 bridgehead atoms. The van der Waals surface area contributed by atoms with Gasteiger partial charge in [0, 0.05) is 13.0 Å². The van der Waals surface area contributed by atoms with Gasteiger partial charge in [-0.25, -0.2) is 0 Å². The van der Waals surface area contributed by atoms with Gasteiger partial charge in [0.15, 0.2) is 0 Å². The number of hydrogen-bond donors (Lipinski definition) is 1. The van der Waals surface area contributed by atoms with Crippen LogP contribution in [0.25, 0.3) is 0 Å². The van der Waals surface area contributed by atoms with Crippen LogP contribution in [0.2, 0.25) is 0 Å². The Morgan fingerprint density at radius 3 is 1.97 bits per heavy atom. The Morgan fingerprint density at radius 1 is 0.833 bits per heavy atom. The molecule has 0 amide bonds. The van der Waals surface area contributed by atoms with Crippen LogP contribution in [0, 0.1) is 0 Å². The third kappa shape index (κ3) is 8.76. The number of ether oxygens (including phenoxy) is 3. The van der Waals surface area contributed by atoms with Crippen LogP contribution in [0.15, 0.2) is 60.7 Å². The molecule has 0 unspecified atom stereocenters. The lowest BCUT2D eigenvalue weighted by atomic mass is 10.0. The molecule has 5 nitrogen and oxygen atoms in total. The molecule has 2 aromatic rings. The Kier molecular flexibility index (Phi) is 12.0. The van der Waals surface area contributed by atoms with E-state index in [0.29, 0.717) is 19.8 Å².